The van der Waals surface area contributed by atoms with Gasteiger partial charge in [0.25, 0.3) is 20.2 Å². The SMILES string of the molecule is Nc1cc(O)ccc1N=Nc1ccc(N=C(O)c2ccc(N=Nc3c(S(=O)(=O)O)cc4cc(S(=O)(=O)O)c(N=Nc5ccccc5)c(O)c4c3N)cc2)cc1. The van der Waals surface area contributed by atoms with E-state index in [0.29, 0.717) is 17.1 Å². The molecule has 0 bridgehead atoms. The maximum atomic E-state index is 12.4. The minimum atomic E-state index is -5.08. The number of anilines is 2. The van der Waals surface area contributed by atoms with Crippen LogP contribution in [-0.4, -0.2) is 47.2 Å². The van der Waals surface area contributed by atoms with Gasteiger partial charge in [-0.2, -0.15) is 32.2 Å². The molecule has 0 amide bonds. The third-order valence-corrected chi connectivity index (χ3v) is 9.39. The van der Waals surface area contributed by atoms with Crippen LogP contribution < -0.4 is 11.5 Å². The molecule has 6 aromatic rings. The summed E-state index contributed by atoms with van der Waals surface area (Å²) < 4.78 is 69.3. The van der Waals surface area contributed by atoms with Crippen molar-refractivity contribution in [3.8, 4) is 11.5 Å². The van der Waals surface area contributed by atoms with Crippen LogP contribution in [0.2, 0.25) is 0 Å². The molecule has 6 aromatic carbocycles. The zero-order valence-electron chi connectivity index (χ0n) is 27.9. The van der Waals surface area contributed by atoms with Crippen LogP contribution in [0.5, 0.6) is 11.5 Å². The van der Waals surface area contributed by atoms with E-state index < -0.39 is 52.8 Å². The summed E-state index contributed by atoms with van der Waals surface area (Å²) in [4.78, 5) is 2.37. The number of benzene rings is 6. The fraction of sp³-hybridized carbons (Fsp3) is 0. The molecule has 0 aliphatic rings. The summed E-state index contributed by atoms with van der Waals surface area (Å²) in [6, 6.07) is 26.0. The third kappa shape index (κ3) is 8.58. The molecule has 0 unspecified atom stereocenters. The second kappa shape index (κ2) is 15.1. The average Bonchev–Trinajstić information content (AvgIpc) is 3.14. The highest BCUT2D eigenvalue weighted by molar-refractivity contribution is 7.86. The van der Waals surface area contributed by atoms with Gasteiger partial charge in [-0.15, -0.1) is 15.3 Å². The number of phenols is 2. The molecule has 55 heavy (non-hydrogen) atoms. The van der Waals surface area contributed by atoms with Crippen molar-refractivity contribution in [1.29, 1.82) is 0 Å². The number of hydrogen-bond donors (Lipinski definition) is 7. The Morgan fingerprint density at radius 1 is 0.564 bits per heavy atom. The normalized spacial score (nSPS) is 12.7. The van der Waals surface area contributed by atoms with E-state index in [1.54, 1.807) is 42.5 Å². The topological polar surface area (TPSA) is 308 Å². The van der Waals surface area contributed by atoms with Gasteiger partial charge >= 0.3 is 0 Å². The highest BCUT2D eigenvalue weighted by atomic mass is 32.2. The lowest BCUT2D eigenvalue weighted by Gasteiger charge is -2.14. The van der Waals surface area contributed by atoms with Crippen molar-refractivity contribution < 1.29 is 41.3 Å². The molecule has 0 aromatic heterocycles. The first kappa shape index (κ1) is 37.6. The zero-order valence-corrected chi connectivity index (χ0v) is 29.5. The van der Waals surface area contributed by atoms with Crippen LogP contribution in [0.4, 0.5) is 51.2 Å². The van der Waals surface area contributed by atoms with Gasteiger partial charge in [0, 0.05) is 11.6 Å². The van der Waals surface area contributed by atoms with Gasteiger partial charge in [0.2, 0.25) is 5.90 Å². The smallest absolute Gasteiger partial charge is 0.296 e. The molecule has 9 N–H and O–H groups in total. The number of nitrogens with zero attached hydrogens (tertiary/aromatic N) is 7. The summed E-state index contributed by atoms with van der Waals surface area (Å²) in [7, 11) is -10.1. The van der Waals surface area contributed by atoms with Crippen LogP contribution in [0.3, 0.4) is 0 Å². The predicted molar refractivity (Wildman–Crippen MR) is 203 cm³/mol. The van der Waals surface area contributed by atoms with Gasteiger partial charge < -0.3 is 26.8 Å². The lowest BCUT2D eigenvalue weighted by Crippen LogP contribution is -2.03. The second-order valence-electron chi connectivity index (χ2n) is 11.4. The number of nitrogens with two attached hydrogens (primary N) is 2. The number of rotatable bonds is 10. The standard InChI is InChI=1S/C35H27N9O9S2/c36-26-18-25(45)14-15-27(26)42-39-24-12-10-21(11-13-24)38-35(47)19-6-8-23(9-7-19)41-43-32-28(54(48,49)50)16-20-17-29(55(51,52)53)33(34(46)30(20)31(32)37)44-40-22-4-2-1-3-5-22/h1-18,45-46H,36-37H2,(H,38,47)(H,48,49,50)(H,51,52,53). The Morgan fingerprint density at radius 2 is 1.07 bits per heavy atom. The van der Waals surface area contributed by atoms with E-state index in [2.05, 4.69) is 35.7 Å². The summed E-state index contributed by atoms with van der Waals surface area (Å²) in [6.07, 6.45) is 0. The molecular formula is C35H27N9O9S2. The van der Waals surface area contributed by atoms with Crippen LogP contribution >= 0.6 is 0 Å². The highest BCUT2D eigenvalue weighted by Crippen LogP contribution is 2.48. The Labute approximate surface area is 311 Å². The fourth-order valence-corrected chi connectivity index (χ4v) is 6.35. The molecule has 278 valence electrons. The van der Waals surface area contributed by atoms with Crippen molar-refractivity contribution in [2.45, 2.75) is 9.79 Å². The first-order valence-electron chi connectivity index (χ1n) is 15.5. The molecule has 0 fully saturated rings. The second-order valence-corrected chi connectivity index (χ2v) is 14.2. The van der Waals surface area contributed by atoms with Crippen LogP contribution in [0.1, 0.15) is 5.56 Å². The van der Waals surface area contributed by atoms with Gasteiger partial charge in [0.15, 0.2) is 5.75 Å². The van der Waals surface area contributed by atoms with Gasteiger partial charge in [-0.1, -0.05) is 18.2 Å². The number of nitrogen functional groups attached to an aromatic ring is 2. The van der Waals surface area contributed by atoms with E-state index in [1.165, 1.54) is 54.6 Å². The van der Waals surface area contributed by atoms with Crippen LogP contribution in [0.25, 0.3) is 10.8 Å². The summed E-state index contributed by atoms with van der Waals surface area (Å²) in [6.45, 7) is 0. The van der Waals surface area contributed by atoms with Crippen LogP contribution in [0, 0.1) is 0 Å². The van der Waals surface area contributed by atoms with E-state index in [4.69, 9.17) is 11.5 Å². The van der Waals surface area contributed by atoms with E-state index in [9.17, 15) is 41.3 Å². The Morgan fingerprint density at radius 3 is 1.65 bits per heavy atom. The molecule has 0 radical (unpaired) electrons. The van der Waals surface area contributed by atoms with Crippen LogP contribution in [-0.2, 0) is 20.2 Å². The fourth-order valence-electron chi connectivity index (χ4n) is 5.02. The molecule has 0 aliphatic heterocycles. The van der Waals surface area contributed by atoms with Gasteiger partial charge in [-0.05, 0) is 90.3 Å². The van der Waals surface area contributed by atoms with Crippen LogP contribution in [0.15, 0.2) is 155 Å². The molecule has 20 heteroatoms. The molecule has 0 heterocycles. The lowest BCUT2D eigenvalue weighted by atomic mass is 10.1. The Bertz CT molecular complexity index is 2800. The summed E-state index contributed by atoms with van der Waals surface area (Å²) in [5, 5.41) is 54.5. The van der Waals surface area contributed by atoms with Crippen molar-refractivity contribution >= 4 is 88.1 Å². The highest BCUT2D eigenvalue weighted by Gasteiger charge is 2.28. The predicted octanol–water partition coefficient (Wildman–Crippen LogP) is 8.79. The number of fused-ring (bicyclic) bond motifs is 1. The first-order valence-corrected chi connectivity index (χ1v) is 18.4. The maximum Gasteiger partial charge on any atom is 0.296 e. The van der Waals surface area contributed by atoms with Crippen molar-refractivity contribution in [2.24, 2.45) is 35.7 Å². The van der Waals surface area contributed by atoms with E-state index >= 15 is 0 Å². The number of aliphatic imine (C=N–C) groups is 1. The Balaban J connectivity index is 1.29. The quantitative estimate of drug-likeness (QED) is 0.0226. The molecule has 0 aliphatic carbocycles. The molecule has 6 rings (SSSR count). The first-order chi connectivity index (χ1) is 26.1. The van der Waals surface area contributed by atoms with Gasteiger partial charge in [0.1, 0.15) is 32.6 Å². The minimum Gasteiger partial charge on any atom is -0.508 e. The summed E-state index contributed by atoms with van der Waals surface area (Å²) in [5.41, 5.74) is 12.4. The lowest BCUT2D eigenvalue weighted by molar-refractivity contribution is 0.472. The van der Waals surface area contributed by atoms with E-state index in [1.807, 2.05) is 0 Å². The third-order valence-electron chi connectivity index (χ3n) is 7.65. The van der Waals surface area contributed by atoms with E-state index in [-0.39, 0.29) is 45.0 Å². The Kier molecular flexibility index (Phi) is 10.3. The number of phenolic OH excluding ortho intramolecular Hbond substituents is 2. The number of aliphatic hydroxyl groups excluding tert-OH is 1. The maximum absolute atomic E-state index is 12.4. The molecule has 18 nitrogen and oxygen atoms in total. The molecule has 0 spiro atoms. The number of azo groups is 3. The molecular weight excluding hydrogens is 755 g/mol. The Hall–Kier alpha value is -7.13. The number of aliphatic hydroxyl groups is 1. The number of hydrogen-bond acceptors (Lipinski definition) is 15. The van der Waals surface area contributed by atoms with Crippen molar-refractivity contribution in [3.63, 3.8) is 0 Å². The molecule has 0 saturated carbocycles. The minimum absolute atomic E-state index is 0.00127. The monoisotopic (exact) mass is 781 g/mol. The van der Waals surface area contributed by atoms with Gasteiger partial charge in [-0.3, -0.25) is 9.11 Å². The number of aromatic hydroxyl groups is 2. The zero-order chi connectivity index (χ0) is 39.5. The molecule has 0 atom stereocenters. The average molecular weight is 782 g/mol. The summed E-state index contributed by atoms with van der Waals surface area (Å²) in [5.74, 6) is -1.25. The largest absolute Gasteiger partial charge is 0.508 e. The van der Waals surface area contributed by atoms with Crippen molar-refractivity contribution in [3.05, 3.63) is 115 Å². The van der Waals surface area contributed by atoms with Crippen molar-refractivity contribution in [1.82, 2.24) is 0 Å². The van der Waals surface area contributed by atoms with Crippen molar-refractivity contribution in [2.75, 3.05) is 11.5 Å². The van der Waals surface area contributed by atoms with Gasteiger partial charge in [0.05, 0.1) is 39.5 Å². The van der Waals surface area contributed by atoms with E-state index in [0.717, 1.165) is 12.1 Å². The molecule has 0 saturated heterocycles. The van der Waals surface area contributed by atoms with Gasteiger partial charge in [-0.25, -0.2) is 4.99 Å². The summed E-state index contributed by atoms with van der Waals surface area (Å²) >= 11 is 0.